The van der Waals surface area contributed by atoms with Gasteiger partial charge in [0.25, 0.3) is 0 Å². The number of rotatable bonds is 2. The third-order valence-electron chi connectivity index (χ3n) is 1.91. The van der Waals surface area contributed by atoms with E-state index >= 15 is 0 Å². The van der Waals surface area contributed by atoms with Gasteiger partial charge in [-0.05, 0) is 38.0 Å². The van der Waals surface area contributed by atoms with Gasteiger partial charge in [-0.25, -0.2) is 4.79 Å². The zero-order valence-electron chi connectivity index (χ0n) is 8.26. The minimum Gasteiger partial charge on any atom is -0.423 e. The molecule has 0 fully saturated rings. The van der Waals surface area contributed by atoms with E-state index in [9.17, 15) is 4.79 Å². The molecule has 0 N–H and O–H groups in total. The quantitative estimate of drug-likeness (QED) is 0.697. The van der Waals surface area contributed by atoms with Gasteiger partial charge in [0.2, 0.25) is 0 Å². The zero-order valence-corrected chi connectivity index (χ0v) is 8.26. The first-order chi connectivity index (χ1) is 6.15. The molecular weight excluding hydrogens is 164 g/mol. The summed E-state index contributed by atoms with van der Waals surface area (Å²) in [7, 11) is 0. The van der Waals surface area contributed by atoms with E-state index < -0.39 is 0 Å². The fourth-order valence-electron chi connectivity index (χ4n) is 1.10. The van der Waals surface area contributed by atoms with Gasteiger partial charge in [-0.1, -0.05) is 13.0 Å². The molecular formula is C11H14O2. The van der Waals surface area contributed by atoms with Crippen molar-refractivity contribution in [1.29, 1.82) is 0 Å². The van der Waals surface area contributed by atoms with Crippen molar-refractivity contribution < 1.29 is 4.42 Å². The summed E-state index contributed by atoms with van der Waals surface area (Å²) in [5.74, 6) is 0.664. The van der Waals surface area contributed by atoms with E-state index in [-0.39, 0.29) is 5.63 Å². The van der Waals surface area contributed by atoms with Crippen LogP contribution in [0.1, 0.15) is 31.6 Å². The molecule has 70 valence electrons. The van der Waals surface area contributed by atoms with Crippen LogP contribution >= 0.6 is 0 Å². The highest BCUT2D eigenvalue weighted by Crippen LogP contribution is 2.12. The molecule has 2 heteroatoms. The second-order valence-electron chi connectivity index (χ2n) is 3.07. The molecule has 1 aromatic heterocycles. The summed E-state index contributed by atoms with van der Waals surface area (Å²) in [4.78, 5) is 11.2. The van der Waals surface area contributed by atoms with Gasteiger partial charge in [0.15, 0.2) is 0 Å². The first-order valence-electron chi connectivity index (χ1n) is 4.43. The van der Waals surface area contributed by atoms with Crippen molar-refractivity contribution in [3.8, 4) is 0 Å². The minimum atomic E-state index is -0.249. The van der Waals surface area contributed by atoms with E-state index in [1.54, 1.807) is 13.0 Å². The van der Waals surface area contributed by atoms with Crippen LogP contribution in [0.25, 0.3) is 5.57 Å². The largest absolute Gasteiger partial charge is 0.423 e. The van der Waals surface area contributed by atoms with Gasteiger partial charge in [-0.3, -0.25) is 0 Å². The van der Waals surface area contributed by atoms with E-state index in [1.807, 2.05) is 19.1 Å². The molecule has 0 amide bonds. The summed E-state index contributed by atoms with van der Waals surface area (Å²) in [6.07, 6.45) is 2.98. The molecule has 0 saturated carbocycles. The van der Waals surface area contributed by atoms with Crippen LogP contribution in [0.2, 0.25) is 0 Å². The second-order valence-corrected chi connectivity index (χ2v) is 3.07. The summed E-state index contributed by atoms with van der Waals surface area (Å²) < 4.78 is 5.10. The van der Waals surface area contributed by atoms with E-state index in [0.717, 1.165) is 12.0 Å². The molecule has 13 heavy (non-hydrogen) atoms. The molecule has 1 aromatic rings. The molecule has 1 rings (SSSR count). The van der Waals surface area contributed by atoms with Crippen molar-refractivity contribution in [2.75, 3.05) is 0 Å². The lowest BCUT2D eigenvalue weighted by Gasteiger charge is -1.99. The lowest BCUT2D eigenvalue weighted by Crippen LogP contribution is -2.03. The topological polar surface area (TPSA) is 30.2 Å². The van der Waals surface area contributed by atoms with Crippen LogP contribution in [0, 0.1) is 6.92 Å². The minimum absolute atomic E-state index is 0.249. The van der Waals surface area contributed by atoms with Gasteiger partial charge in [0.05, 0.1) is 0 Å². The van der Waals surface area contributed by atoms with E-state index in [2.05, 4.69) is 6.92 Å². The van der Waals surface area contributed by atoms with E-state index in [1.165, 1.54) is 0 Å². The smallest absolute Gasteiger partial charge is 0.339 e. The van der Waals surface area contributed by atoms with E-state index in [4.69, 9.17) is 4.42 Å². The monoisotopic (exact) mass is 178 g/mol. The molecule has 0 atom stereocenters. The first kappa shape index (κ1) is 9.78. The summed E-state index contributed by atoms with van der Waals surface area (Å²) in [5, 5.41) is 0. The SMILES string of the molecule is CC/C=C(\C)c1ccc(C)c(=O)o1. The van der Waals surface area contributed by atoms with Crippen LogP contribution in [0.4, 0.5) is 0 Å². The Morgan fingerprint density at radius 1 is 1.54 bits per heavy atom. The molecule has 0 radical (unpaired) electrons. The van der Waals surface area contributed by atoms with Crippen LogP contribution in [0.5, 0.6) is 0 Å². The van der Waals surface area contributed by atoms with Gasteiger partial charge in [0, 0.05) is 5.56 Å². The Kier molecular flexibility index (Phi) is 3.07. The Balaban J connectivity index is 3.11. The average Bonchev–Trinajstić information content (AvgIpc) is 2.10. The Hall–Kier alpha value is -1.31. The standard InChI is InChI=1S/C11H14O2/c1-4-5-8(2)10-7-6-9(3)11(12)13-10/h5-7H,4H2,1-3H3/b8-5+. The van der Waals surface area contributed by atoms with Gasteiger partial charge in [-0.2, -0.15) is 0 Å². The van der Waals surface area contributed by atoms with Crippen molar-refractivity contribution in [2.24, 2.45) is 0 Å². The highest BCUT2D eigenvalue weighted by molar-refractivity contribution is 5.58. The maximum atomic E-state index is 11.2. The highest BCUT2D eigenvalue weighted by atomic mass is 16.4. The summed E-state index contributed by atoms with van der Waals surface area (Å²) in [6, 6.07) is 3.62. The zero-order chi connectivity index (χ0) is 9.84. The third-order valence-corrected chi connectivity index (χ3v) is 1.91. The summed E-state index contributed by atoms with van der Waals surface area (Å²) in [6.45, 7) is 5.74. The molecule has 0 spiro atoms. The van der Waals surface area contributed by atoms with Crippen LogP contribution < -0.4 is 5.63 Å². The van der Waals surface area contributed by atoms with Gasteiger partial charge < -0.3 is 4.42 Å². The Morgan fingerprint density at radius 3 is 2.77 bits per heavy atom. The van der Waals surface area contributed by atoms with Crippen molar-refractivity contribution in [1.82, 2.24) is 0 Å². The molecule has 0 aliphatic carbocycles. The number of hydrogen-bond donors (Lipinski definition) is 0. The molecule has 0 aliphatic rings. The summed E-state index contributed by atoms with van der Waals surface area (Å²) in [5.41, 5.74) is 1.41. The normalized spacial score (nSPS) is 11.8. The first-order valence-corrected chi connectivity index (χ1v) is 4.43. The van der Waals surface area contributed by atoms with Crippen molar-refractivity contribution in [3.05, 3.63) is 40.0 Å². The van der Waals surface area contributed by atoms with E-state index in [0.29, 0.717) is 11.3 Å². The Bertz CT molecular complexity index is 372. The Labute approximate surface area is 77.9 Å². The third kappa shape index (κ3) is 2.31. The molecule has 0 aromatic carbocycles. The predicted octanol–water partition coefficient (Wildman–Crippen LogP) is 2.76. The fraction of sp³-hybridized carbons (Fsp3) is 0.364. The van der Waals surface area contributed by atoms with Crippen LogP contribution in [-0.2, 0) is 0 Å². The summed E-state index contributed by atoms with van der Waals surface area (Å²) >= 11 is 0. The van der Waals surface area contributed by atoms with Crippen LogP contribution in [0.3, 0.4) is 0 Å². The maximum Gasteiger partial charge on any atom is 0.339 e. The predicted molar refractivity (Wildman–Crippen MR) is 53.7 cm³/mol. The van der Waals surface area contributed by atoms with Crippen molar-refractivity contribution in [2.45, 2.75) is 27.2 Å². The average molecular weight is 178 g/mol. The Morgan fingerprint density at radius 2 is 2.23 bits per heavy atom. The molecule has 0 unspecified atom stereocenters. The molecule has 2 nitrogen and oxygen atoms in total. The number of allylic oxidation sites excluding steroid dienone is 2. The lowest BCUT2D eigenvalue weighted by molar-refractivity contribution is 0.492. The fourth-order valence-corrected chi connectivity index (χ4v) is 1.10. The maximum absolute atomic E-state index is 11.2. The number of aryl methyl sites for hydroxylation is 1. The molecule has 0 bridgehead atoms. The van der Waals surface area contributed by atoms with Crippen LogP contribution in [0.15, 0.2) is 27.4 Å². The second kappa shape index (κ2) is 4.08. The molecule has 0 aliphatic heterocycles. The van der Waals surface area contributed by atoms with Gasteiger partial charge in [-0.15, -0.1) is 0 Å². The lowest BCUT2D eigenvalue weighted by atomic mass is 10.2. The highest BCUT2D eigenvalue weighted by Gasteiger charge is 2.00. The molecule has 0 saturated heterocycles. The number of hydrogen-bond acceptors (Lipinski definition) is 2. The van der Waals surface area contributed by atoms with Crippen LogP contribution in [-0.4, -0.2) is 0 Å². The van der Waals surface area contributed by atoms with Crippen molar-refractivity contribution in [3.63, 3.8) is 0 Å². The van der Waals surface area contributed by atoms with Gasteiger partial charge in [0.1, 0.15) is 5.76 Å². The molecule has 1 heterocycles. The van der Waals surface area contributed by atoms with Crippen molar-refractivity contribution >= 4 is 5.57 Å². The van der Waals surface area contributed by atoms with Gasteiger partial charge >= 0.3 is 5.63 Å².